The van der Waals surface area contributed by atoms with Gasteiger partial charge in [0.15, 0.2) is 0 Å². The van der Waals surface area contributed by atoms with Crippen molar-refractivity contribution in [3.63, 3.8) is 0 Å². The molecule has 1 amide bonds. The zero-order valence-corrected chi connectivity index (χ0v) is 14.8. The van der Waals surface area contributed by atoms with Crippen LogP contribution in [0, 0.1) is 11.8 Å². The third-order valence-electron chi connectivity index (χ3n) is 5.00. The second-order valence-electron chi connectivity index (χ2n) is 6.87. The third kappa shape index (κ3) is 4.28. The predicted octanol–water partition coefficient (Wildman–Crippen LogP) is 2.78. The van der Waals surface area contributed by atoms with Crippen LogP contribution in [0.1, 0.15) is 31.7 Å². The molecule has 132 valence electrons. The van der Waals surface area contributed by atoms with Crippen molar-refractivity contribution in [2.45, 2.75) is 32.7 Å². The number of carbonyl (C=O) groups is 2. The lowest BCUT2D eigenvalue weighted by atomic mass is 9.99. The van der Waals surface area contributed by atoms with Crippen molar-refractivity contribution < 1.29 is 14.7 Å². The molecule has 1 aromatic carbocycles. The summed E-state index contributed by atoms with van der Waals surface area (Å²) in [6, 6.07) is 7.97. The summed E-state index contributed by atoms with van der Waals surface area (Å²) in [7, 11) is 0. The average molecular weight is 353 g/mol. The minimum absolute atomic E-state index is 0. The highest BCUT2D eigenvalue weighted by atomic mass is 35.5. The van der Waals surface area contributed by atoms with E-state index in [1.165, 1.54) is 18.4 Å². The van der Waals surface area contributed by atoms with Crippen LogP contribution in [-0.4, -0.2) is 41.5 Å². The topological polar surface area (TPSA) is 60.9 Å². The van der Waals surface area contributed by atoms with Gasteiger partial charge in [0.25, 0.3) is 0 Å². The number of benzene rings is 1. The Morgan fingerprint density at radius 2 is 1.83 bits per heavy atom. The number of piperidine rings is 1. The summed E-state index contributed by atoms with van der Waals surface area (Å²) in [4.78, 5) is 27.1. The van der Waals surface area contributed by atoms with E-state index in [0.29, 0.717) is 0 Å². The number of carboxylic acids is 1. The van der Waals surface area contributed by atoms with Crippen LogP contribution in [0.4, 0.5) is 5.69 Å². The lowest BCUT2D eigenvalue weighted by molar-refractivity contribution is -0.141. The van der Waals surface area contributed by atoms with E-state index in [1.807, 2.05) is 12.1 Å². The molecule has 3 rings (SSSR count). The Hall–Kier alpha value is -1.59. The van der Waals surface area contributed by atoms with Gasteiger partial charge in [0.2, 0.25) is 5.91 Å². The molecule has 1 atom stereocenters. The maximum absolute atomic E-state index is 12.0. The SMILES string of the molecule is CC1CCN(Cc2ccc(N3CC(C(=O)O)CC3=O)cc2)CC1.Cl. The minimum Gasteiger partial charge on any atom is -0.481 e. The van der Waals surface area contributed by atoms with Gasteiger partial charge in [-0.3, -0.25) is 14.5 Å². The van der Waals surface area contributed by atoms with Gasteiger partial charge in [0, 0.05) is 25.2 Å². The standard InChI is InChI=1S/C18H24N2O3.ClH/c1-13-6-8-19(9-7-13)11-14-2-4-16(5-3-14)20-12-15(18(22)23)10-17(20)21;/h2-5,13,15H,6-12H2,1H3,(H,22,23);1H. The first-order chi connectivity index (χ1) is 11.0. The zero-order chi connectivity index (χ0) is 16.4. The highest BCUT2D eigenvalue weighted by Gasteiger charge is 2.34. The molecule has 0 radical (unpaired) electrons. The fourth-order valence-electron chi connectivity index (χ4n) is 3.38. The quantitative estimate of drug-likeness (QED) is 0.905. The molecule has 24 heavy (non-hydrogen) atoms. The van der Waals surface area contributed by atoms with Crippen LogP contribution in [0.5, 0.6) is 0 Å². The number of amides is 1. The molecule has 2 heterocycles. The Kier molecular flexibility index (Phi) is 6.24. The first kappa shape index (κ1) is 18.7. The number of halogens is 1. The molecule has 0 aromatic heterocycles. The van der Waals surface area contributed by atoms with Gasteiger partial charge in [-0.05, 0) is 49.5 Å². The fourth-order valence-corrected chi connectivity index (χ4v) is 3.38. The number of carbonyl (C=O) groups excluding carboxylic acids is 1. The number of aliphatic carboxylic acids is 1. The Bertz CT molecular complexity index is 582. The van der Waals surface area contributed by atoms with Crippen LogP contribution < -0.4 is 4.90 Å². The second-order valence-corrected chi connectivity index (χ2v) is 6.87. The summed E-state index contributed by atoms with van der Waals surface area (Å²) in [6.07, 6.45) is 2.62. The van der Waals surface area contributed by atoms with Crippen LogP contribution in [0.3, 0.4) is 0 Å². The lowest BCUT2D eigenvalue weighted by Gasteiger charge is -2.30. The van der Waals surface area contributed by atoms with E-state index >= 15 is 0 Å². The first-order valence-corrected chi connectivity index (χ1v) is 8.37. The van der Waals surface area contributed by atoms with Crippen LogP contribution >= 0.6 is 12.4 Å². The smallest absolute Gasteiger partial charge is 0.308 e. The van der Waals surface area contributed by atoms with Gasteiger partial charge in [-0.25, -0.2) is 0 Å². The number of hydrogen-bond acceptors (Lipinski definition) is 3. The van der Waals surface area contributed by atoms with Gasteiger partial charge in [0.05, 0.1) is 5.92 Å². The number of carboxylic acid groups (broad SMARTS) is 1. The molecule has 1 N–H and O–H groups in total. The Morgan fingerprint density at radius 1 is 1.21 bits per heavy atom. The summed E-state index contributed by atoms with van der Waals surface area (Å²) < 4.78 is 0. The highest BCUT2D eigenvalue weighted by molar-refractivity contribution is 5.99. The normalized spacial score (nSPS) is 22.5. The van der Waals surface area contributed by atoms with E-state index in [9.17, 15) is 9.59 Å². The molecule has 2 aliphatic heterocycles. The van der Waals surface area contributed by atoms with Crippen molar-refractivity contribution in [2.24, 2.45) is 11.8 Å². The average Bonchev–Trinajstić information content (AvgIpc) is 2.93. The van der Waals surface area contributed by atoms with E-state index in [4.69, 9.17) is 5.11 Å². The number of nitrogens with zero attached hydrogens (tertiary/aromatic N) is 2. The van der Waals surface area contributed by atoms with Crippen LogP contribution in [0.2, 0.25) is 0 Å². The summed E-state index contributed by atoms with van der Waals surface area (Å²) in [5.74, 6) is -0.749. The molecule has 0 spiro atoms. The number of rotatable bonds is 4. The van der Waals surface area contributed by atoms with Crippen LogP contribution in [-0.2, 0) is 16.1 Å². The van der Waals surface area contributed by atoms with Crippen LogP contribution in [0.25, 0.3) is 0 Å². The molecule has 5 nitrogen and oxygen atoms in total. The van der Waals surface area contributed by atoms with Gasteiger partial charge < -0.3 is 10.0 Å². The number of likely N-dealkylation sites (tertiary alicyclic amines) is 1. The minimum atomic E-state index is -0.892. The van der Waals surface area contributed by atoms with E-state index in [0.717, 1.165) is 31.2 Å². The van der Waals surface area contributed by atoms with E-state index < -0.39 is 11.9 Å². The van der Waals surface area contributed by atoms with Gasteiger partial charge in [-0.2, -0.15) is 0 Å². The largest absolute Gasteiger partial charge is 0.481 e. The summed E-state index contributed by atoms with van der Waals surface area (Å²) in [5, 5.41) is 9.06. The van der Waals surface area contributed by atoms with Gasteiger partial charge in [-0.1, -0.05) is 19.1 Å². The van der Waals surface area contributed by atoms with Gasteiger partial charge in [-0.15, -0.1) is 12.4 Å². The van der Waals surface area contributed by atoms with Crippen molar-refractivity contribution in [1.82, 2.24) is 4.90 Å². The monoisotopic (exact) mass is 352 g/mol. The predicted molar refractivity (Wildman–Crippen MR) is 95.5 cm³/mol. The lowest BCUT2D eigenvalue weighted by Crippen LogP contribution is -2.32. The molecular weight excluding hydrogens is 328 g/mol. The second kappa shape index (κ2) is 7.99. The van der Waals surface area contributed by atoms with Crippen molar-refractivity contribution in [2.75, 3.05) is 24.5 Å². The molecule has 2 fully saturated rings. The molecule has 1 aromatic rings. The molecule has 0 bridgehead atoms. The highest BCUT2D eigenvalue weighted by Crippen LogP contribution is 2.26. The first-order valence-electron chi connectivity index (χ1n) is 8.37. The summed E-state index contributed by atoms with van der Waals surface area (Å²) in [6.45, 7) is 5.82. The molecule has 6 heteroatoms. The zero-order valence-electron chi connectivity index (χ0n) is 14.0. The summed E-state index contributed by atoms with van der Waals surface area (Å²) in [5.41, 5.74) is 2.04. The van der Waals surface area contributed by atoms with E-state index in [1.54, 1.807) is 4.90 Å². The molecule has 2 aliphatic rings. The Balaban J connectivity index is 0.00000208. The third-order valence-corrected chi connectivity index (χ3v) is 5.00. The molecule has 0 saturated carbocycles. The Labute approximate surface area is 149 Å². The maximum atomic E-state index is 12.0. The van der Waals surface area contributed by atoms with Crippen molar-refractivity contribution in [1.29, 1.82) is 0 Å². The molecule has 2 saturated heterocycles. The van der Waals surface area contributed by atoms with Crippen molar-refractivity contribution in [3.05, 3.63) is 29.8 Å². The maximum Gasteiger partial charge on any atom is 0.308 e. The summed E-state index contributed by atoms with van der Waals surface area (Å²) >= 11 is 0. The fraction of sp³-hybridized carbons (Fsp3) is 0.556. The van der Waals surface area contributed by atoms with E-state index in [2.05, 4.69) is 24.0 Å². The number of hydrogen-bond donors (Lipinski definition) is 1. The molecule has 1 unspecified atom stereocenters. The van der Waals surface area contributed by atoms with E-state index in [-0.39, 0.29) is 31.3 Å². The van der Waals surface area contributed by atoms with Gasteiger partial charge >= 0.3 is 5.97 Å². The Morgan fingerprint density at radius 3 is 2.38 bits per heavy atom. The molecular formula is C18H25ClN2O3. The van der Waals surface area contributed by atoms with Gasteiger partial charge in [0.1, 0.15) is 0 Å². The van der Waals surface area contributed by atoms with Crippen molar-refractivity contribution >= 4 is 30.0 Å². The number of anilines is 1. The van der Waals surface area contributed by atoms with Crippen LogP contribution in [0.15, 0.2) is 24.3 Å². The molecule has 0 aliphatic carbocycles. The van der Waals surface area contributed by atoms with Crippen molar-refractivity contribution in [3.8, 4) is 0 Å².